The van der Waals surface area contributed by atoms with E-state index < -0.39 is 0 Å². The average molecular weight is 361 g/mol. The van der Waals surface area contributed by atoms with Crippen LogP contribution in [0.1, 0.15) is 5.56 Å². The van der Waals surface area contributed by atoms with E-state index in [9.17, 15) is 0 Å². The van der Waals surface area contributed by atoms with E-state index in [-0.39, 0.29) is 24.0 Å². The number of hydrogen-bond donors (Lipinski definition) is 0. The van der Waals surface area contributed by atoms with Crippen LogP contribution < -0.4 is 28.5 Å². The van der Waals surface area contributed by atoms with Crippen LogP contribution in [0.4, 0.5) is 0 Å². The van der Waals surface area contributed by atoms with Crippen molar-refractivity contribution in [3.63, 3.8) is 0 Å². The Morgan fingerprint density at radius 2 is 2.10 bits per heavy atom. The van der Waals surface area contributed by atoms with Gasteiger partial charge in [-0.25, -0.2) is 0 Å². The molecule has 0 aliphatic carbocycles. The number of rotatable bonds is 0. The van der Waals surface area contributed by atoms with Gasteiger partial charge in [0, 0.05) is 34.2 Å². The van der Waals surface area contributed by atoms with Crippen LogP contribution >= 0.6 is 22.6 Å². The van der Waals surface area contributed by atoms with Gasteiger partial charge in [0.2, 0.25) is 3.70 Å². The number of hydrogen-bond acceptors (Lipinski definition) is 0. The third-order valence-corrected chi connectivity index (χ3v) is 2.90. The van der Waals surface area contributed by atoms with Crippen LogP contribution in [0.5, 0.6) is 0 Å². The van der Waals surface area contributed by atoms with Crippen LogP contribution in [0.15, 0.2) is 18.3 Å². The molecule has 0 fully saturated rings. The molecule has 1 rings (SSSR count). The molecule has 0 aromatic carbocycles. The SMILES string of the molecule is Cc1ccc[n+](C)c1I.[I-]. The summed E-state index contributed by atoms with van der Waals surface area (Å²) in [5.74, 6) is 0. The molecular weight excluding hydrogens is 352 g/mol. The quantitative estimate of drug-likeness (QED) is 0.299. The second-order valence-electron chi connectivity index (χ2n) is 2.09. The molecular formula is C7H9I2N. The molecule has 56 valence electrons. The molecule has 0 N–H and O–H groups in total. The van der Waals surface area contributed by atoms with Crippen molar-refractivity contribution in [3.05, 3.63) is 27.6 Å². The van der Waals surface area contributed by atoms with Crippen LogP contribution in [-0.4, -0.2) is 0 Å². The Balaban J connectivity index is 0.000000810. The lowest BCUT2D eigenvalue weighted by molar-refractivity contribution is -0.684. The van der Waals surface area contributed by atoms with Crippen molar-refractivity contribution in [1.82, 2.24) is 0 Å². The Kier molecular flexibility index (Phi) is 4.75. The highest BCUT2D eigenvalue weighted by Gasteiger charge is 2.01. The molecule has 0 aliphatic rings. The smallest absolute Gasteiger partial charge is 0.243 e. The van der Waals surface area contributed by atoms with Gasteiger partial charge in [-0.1, -0.05) is 0 Å². The number of nitrogens with zero attached hydrogens (tertiary/aromatic N) is 1. The first kappa shape index (κ1) is 10.6. The van der Waals surface area contributed by atoms with E-state index in [1.807, 2.05) is 0 Å². The molecule has 0 radical (unpaired) electrons. The van der Waals surface area contributed by atoms with Crippen molar-refractivity contribution >= 4 is 22.6 Å². The summed E-state index contributed by atoms with van der Waals surface area (Å²) < 4.78 is 3.41. The molecule has 0 amide bonds. The van der Waals surface area contributed by atoms with Gasteiger partial charge in [-0.2, -0.15) is 4.57 Å². The van der Waals surface area contributed by atoms with E-state index >= 15 is 0 Å². The Hall–Kier alpha value is 0.610. The molecule has 10 heavy (non-hydrogen) atoms. The topological polar surface area (TPSA) is 3.88 Å². The van der Waals surface area contributed by atoms with Crippen LogP contribution in [0.25, 0.3) is 0 Å². The van der Waals surface area contributed by atoms with E-state index in [1.165, 1.54) is 9.26 Å². The van der Waals surface area contributed by atoms with Gasteiger partial charge in [0.25, 0.3) is 0 Å². The molecule has 0 spiro atoms. The molecule has 0 unspecified atom stereocenters. The van der Waals surface area contributed by atoms with Gasteiger partial charge in [-0.15, -0.1) is 0 Å². The fraction of sp³-hybridized carbons (Fsp3) is 0.286. The minimum atomic E-state index is 0. The minimum Gasteiger partial charge on any atom is -1.00 e. The molecule has 0 saturated heterocycles. The summed E-state index contributed by atoms with van der Waals surface area (Å²) in [6.07, 6.45) is 2.05. The highest BCUT2D eigenvalue weighted by molar-refractivity contribution is 14.1. The predicted molar refractivity (Wildman–Crippen MR) is 45.1 cm³/mol. The van der Waals surface area contributed by atoms with E-state index in [4.69, 9.17) is 0 Å². The van der Waals surface area contributed by atoms with Crippen molar-refractivity contribution in [1.29, 1.82) is 0 Å². The molecule has 3 heteroatoms. The molecule has 0 atom stereocenters. The summed E-state index contributed by atoms with van der Waals surface area (Å²) in [5.41, 5.74) is 1.33. The lowest BCUT2D eigenvalue weighted by Crippen LogP contribution is -3.00. The summed E-state index contributed by atoms with van der Waals surface area (Å²) in [4.78, 5) is 0. The van der Waals surface area contributed by atoms with Gasteiger partial charge in [0.05, 0.1) is 0 Å². The van der Waals surface area contributed by atoms with Gasteiger partial charge in [0.1, 0.15) is 7.05 Å². The van der Waals surface area contributed by atoms with E-state index in [2.05, 4.69) is 59.5 Å². The maximum atomic E-state index is 2.33. The van der Waals surface area contributed by atoms with Crippen LogP contribution in [0, 0.1) is 10.6 Å². The number of halogens is 2. The largest absolute Gasteiger partial charge is 1.00 e. The molecule has 0 bridgehead atoms. The zero-order valence-corrected chi connectivity index (χ0v) is 10.3. The molecule has 1 heterocycles. The molecule has 1 aromatic rings. The lowest BCUT2D eigenvalue weighted by Gasteiger charge is -1.92. The lowest BCUT2D eigenvalue weighted by atomic mass is 10.3. The van der Waals surface area contributed by atoms with Crippen LogP contribution in [-0.2, 0) is 7.05 Å². The molecule has 1 aromatic heterocycles. The fourth-order valence-electron chi connectivity index (χ4n) is 0.729. The first-order chi connectivity index (χ1) is 4.22. The first-order valence-electron chi connectivity index (χ1n) is 2.82. The second kappa shape index (κ2) is 4.48. The van der Waals surface area contributed by atoms with Gasteiger partial charge >= 0.3 is 0 Å². The number of aromatic nitrogens is 1. The molecule has 0 aliphatic heterocycles. The van der Waals surface area contributed by atoms with Crippen LogP contribution in [0.2, 0.25) is 0 Å². The maximum Gasteiger partial charge on any atom is 0.243 e. The van der Waals surface area contributed by atoms with Gasteiger partial charge in [-0.3, -0.25) is 0 Å². The Bertz CT molecular complexity index is 203. The zero-order chi connectivity index (χ0) is 6.85. The van der Waals surface area contributed by atoms with E-state index in [0.29, 0.717) is 0 Å². The Morgan fingerprint density at radius 3 is 2.50 bits per heavy atom. The normalized spacial score (nSPS) is 8.70. The van der Waals surface area contributed by atoms with Crippen LogP contribution in [0.3, 0.4) is 0 Å². The average Bonchev–Trinajstić information content (AvgIpc) is 1.83. The molecule has 0 saturated carbocycles. The van der Waals surface area contributed by atoms with Gasteiger partial charge in [0.15, 0.2) is 6.20 Å². The highest BCUT2D eigenvalue weighted by atomic mass is 127. The third-order valence-electron chi connectivity index (χ3n) is 1.29. The standard InChI is InChI=1S/C7H9IN.HI/c1-6-4-3-5-9(2)7(6)8;/h3-5H,1-2H3;1H/q+1;/p-1. The summed E-state index contributed by atoms with van der Waals surface area (Å²) >= 11 is 2.33. The summed E-state index contributed by atoms with van der Waals surface area (Å²) in [6, 6.07) is 4.17. The van der Waals surface area contributed by atoms with Crippen molar-refractivity contribution < 1.29 is 28.5 Å². The Labute approximate surface area is 92.0 Å². The number of pyridine rings is 1. The summed E-state index contributed by atoms with van der Waals surface area (Å²) in [5, 5.41) is 0. The Morgan fingerprint density at radius 1 is 1.50 bits per heavy atom. The monoisotopic (exact) mass is 361 g/mol. The second-order valence-corrected chi connectivity index (χ2v) is 3.11. The first-order valence-corrected chi connectivity index (χ1v) is 3.90. The molecule has 1 nitrogen and oxygen atoms in total. The van der Waals surface area contributed by atoms with E-state index in [0.717, 1.165) is 0 Å². The van der Waals surface area contributed by atoms with Gasteiger partial charge in [-0.05, 0) is 13.0 Å². The van der Waals surface area contributed by atoms with E-state index in [1.54, 1.807) is 0 Å². The highest BCUT2D eigenvalue weighted by Crippen LogP contribution is 2.02. The summed E-state index contributed by atoms with van der Waals surface area (Å²) in [7, 11) is 2.05. The van der Waals surface area contributed by atoms with Crippen molar-refractivity contribution in [2.45, 2.75) is 6.92 Å². The maximum absolute atomic E-state index is 2.33. The van der Waals surface area contributed by atoms with Gasteiger partial charge < -0.3 is 24.0 Å². The fourth-order valence-corrected chi connectivity index (χ4v) is 1.07. The van der Waals surface area contributed by atoms with Crippen molar-refractivity contribution in [2.75, 3.05) is 0 Å². The number of aryl methyl sites for hydroxylation is 2. The predicted octanol–water partition coefficient (Wildman–Crippen LogP) is -1.57. The summed E-state index contributed by atoms with van der Waals surface area (Å²) in [6.45, 7) is 2.11. The van der Waals surface area contributed by atoms with Crippen molar-refractivity contribution in [3.8, 4) is 0 Å². The third kappa shape index (κ3) is 2.34. The van der Waals surface area contributed by atoms with Crippen molar-refractivity contribution in [2.24, 2.45) is 7.05 Å². The zero-order valence-electron chi connectivity index (χ0n) is 5.94. The minimum absolute atomic E-state index is 0.